The number of anilines is 3. The standard InChI is InChI=1S/C28H34N6O3.C27H31N5O3.C25H29N5O2/c1-17-7-4-5-10-22(17)27(36)31-16-18-11-13-19(14-12-18)24-23(26(30)35)25(29)34(32-24)21-9-6-8-20(15-21)28(37)33(2)3;1-17-4-2-3-5-21(17)26(34)30-14-18-6-8-19(9-7-18)23-22(25(29)33)24(28)32(31-23)20-10-12-27(13-11-20)15-35-16-27;1-16-7-3-6-10-20(16)24(31)28-15-17-11-13-18(14-12-17)22-21(25(32)27-2)23(26)30(29-22)19-8-4-5-9-19/h4-5,7,10-14,20-21H,6,8-9,15-16,29H2,1-3H3,(H2,30,35)(H,31,36);2-9,20H,10-16,28H2,1H3,(H2,29,33)(H,30,34);3,6-7,10-14,19H,4-5,8-9,15,26H2,1-2H3,(H,27,32)(H,28,31). The smallest absolute Gasteiger partial charge is 0.257 e. The van der Waals surface area contributed by atoms with Crippen LogP contribution >= 0.6 is 0 Å². The first-order chi connectivity index (χ1) is 50.0. The van der Waals surface area contributed by atoms with Crippen LogP contribution in [0, 0.1) is 32.1 Å². The van der Waals surface area contributed by atoms with Crippen molar-refractivity contribution in [2.45, 2.75) is 136 Å². The van der Waals surface area contributed by atoms with Gasteiger partial charge in [0.15, 0.2) is 0 Å². The Morgan fingerprint density at radius 2 is 0.808 bits per heavy atom. The van der Waals surface area contributed by atoms with Gasteiger partial charge in [0.2, 0.25) is 5.91 Å². The largest absolute Gasteiger partial charge is 0.383 e. The van der Waals surface area contributed by atoms with E-state index in [0.29, 0.717) is 88.0 Å². The van der Waals surface area contributed by atoms with Crippen molar-refractivity contribution in [3.8, 4) is 33.8 Å². The van der Waals surface area contributed by atoms with Crippen molar-refractivity contribution in [2.75, 3.05) is 51.6 Å². The monoisotopic (exact) mass is 1410 g/mol. The first kappa shape index (κ1) is 73.8. The molecule has 1 saturated heterocycles. The van der Waals surface area contributed by atoms with Gasteiger partial charge in [-0.1, -0.05) is 147 Å². The molecule has 542 valence electrons. The summed E-state index contributed by atoms with van der Waals surface area (Å²) < 4.78 is 10.7. The number of aryl methyl sites for hydroxylation is 3. The summed E-state index contributed by atoms with van der Waals surface area (Å²) in [4.78, 5) is 88.9. The molecule has 7 amide bonds. The maximum Gasteiger partial charge on any atom is 0.257 e. The van der Waals surface area contributed by atoms with Gasteiger partial charge in [-0.3, -0.25) is 33.6 Å². The van der Waals surface area contributed by atoms with Crippen molar-refractivity contribution in [3.63, 3.8) is 0 Å². The molecule has 13 rings (SSSR count). The minimum absolute atomic E-state index is 0.0922. The average molecular weight is 1410 g/mol. The zero-order valence-corrected chi connectivity index (χ0v) is 60.0. The number of aromatic nitrogens is 6. The number of nitrogens with one attached hydrogen (secondary N) is 4. The van der Waals surface area contributed by atoms with Crippen LogP contribution < -0.4 is 49.9 Å². The highest BCUT2D eigenvalue weighted by molar-refractivity contribution is 6.05. The Balaban J connectivity index is 0.000000157. The normalized spacial score (nSPS) is 16.2. The van der Waals surface area contributed by atoms with E-state index in [2.05, 4.69) is 21.3 Å². The van der Waals surface area contributed by atoms with Gasteiger partial charge >= 0.3 is 0 Å². The van der Waals surface area contributed by atoms with Crippen molar-refractivity contribution >= 4 is 58.8 Å². The zero-order chi connectivity index (χ0) is 73.9. The SMILES string of the molecule is CNC(=O)c1c(-c2ccc(CNC(=O)c3ccccc3C)cc2)nn(C2CCCC2)c1N.Cc1ccccc1C(=O)NCc1ccc(-c2nn(C3CCC4(CC3)COC4)c(N)c2C(N)=O)cc1.Cc1ccccc1C(=O)NCc1ccc(-c2nn(C3CCCC(C(=O)N(C)C)C3)c(N)c2C(N)=O)cc1. The minimum atomic E-state index is -0.648. The molecule has 104 heavy (non-hydrogen) atoms. The molecule has 3 saturated carbocycles. The number of nitrogen functional groups attached to an aromatic ring is 3. The third kappa shape index (κ3) is 16.6. The Kier molecular flexibility index (Phi) is 23.2. The Morgan fingerprint density at radius 3 is 1.15 bits per heavy atom. The Morgan fingerprint density at radius 1 is 0.462 bits per heavy atom. The van der Waals surface area contributed by atoms with Gasteiger partial charge in [-0.15, -0.1) is 0 Å². The third-order valence-corrected chi connectivity index (χ3v) is 20.6. The number of nitrogens with two attached hydrogens (primary N) is 5. The van der Waals surface area contributed by atoms with E-state index in [-0.39, 0.29) is 70.5 Å². The van der Waals surface area contributed by atoms with Gasteiger partial charge in [0.25, 0.3) is 35.4 Å². The van der Waals surface area contributed by atoms with Crippen LogP contribution in [0.2, 0.25) is 0 Å². The van der Waals surface area contributed by atoms with Crippen molar-refractivity contribution in [3.05, 3.63) is 212 Å². The van der Waals surface area contributed by atoms with Gasteiger partial charge in [0.05, 0.1) is 31.3 Å². The number of hydrogen-bond acceptors (Lipinski definition) is 14. The predicted octanol–water partition coefficient (Wildman–Crippen LogP) is 10.7. The van der Waals surface area contributed by atoms with Crippen LogP contribution in [0.4, 0.5) is 17.5 Å². The quantitative estimate of drug-likeness (QED) is 0.0363. The van der Waals surface area contributed by atoms with Crippen LogP contribution in [-0.4, -0.2) is 110 Å². The molecule has 4 aliphatic rings. The number of benzene rings is 6. The van der Waals surface area contributed by atoms with E-state index in [1.165, 1.54) is 0 Å². The van der Waals surface area contributed by atoms with Gasteiger partial charge in [-0.25, -0.2) is 14.0 Å². The number of hydrogen-bond donors (Lipinski definition) is 9. The molecule has 1 spiro atoms. The van der Waals surface area contributed by atoms with E-state index in [1.54, 1.807) is 41.5 Å². The summed E-state index contributed by atoms with van der Waals surface area (Å²) in [6.07, 6.45) is 11.5. The highest BCUT2D eigenvalue weighted by Crippen LogP contribution is 2.47. The second-order valence-corrected chi connectivity index (χ2v) is 28.0. The molecular weight excluding hydrogens is 1310 g/mol. The van der Waals surface area contributed by atoms with E-state index in [0.717, 1.165) is 128 Å². The molecule has 3 aliphatic carbocycles. The summed E-state index contributed by atoms with van der Waals surface area (Å²) in [5, 5.41) is 25.8. The maximum absolute atomic E-state index is 12.6. The molecule has 6 aromatic carbocycles. The maximum atomic E-state index is 12.6. The van der Waals surface area contributed by atoms with Crippen molar-refractivity contribution in [1.29, 1.82) is 0 Å². The molecule has 9 aromatic rings. The van der Waals surface area contributed by atoms with Crippen LogP contribution in [0.25, 0.3) is 33.8 Å². The van der Waals surface area contributed by atoms with E-state index in [1.807, 2.05) is 165 Å². The topological polar surface area (TPSA) is 364 Å². The zero-order valence-electron chi connectivity index (χ0n) is 60.0. The number of amides is 7. The molecule has 1 aliphatic heterocycles. The fourth-order valence-corrected chi connectivity index (χ4v) is 14.5. The summed E-state index contributed by atoms with van der Waals surface area (Å²) >= 11 is 0. The second kappa shape index (κ2) is 32.7. The first-order valence-corrected chi connectivity index (χ1v) is 35.6. The summed E-state index contributed by atoms with van der Waals surface area (Å²) in [6.45, 7) is 8.57. The number of carbonyl (C=O) groups excluding carboxylic acids is 7. The van der Waals surface area contributed by atoms with Gasteiger partial charge < -0.3 is 59.6 Å². The molecule has 2 unspecified atom stereocenters. The number of primary amides is 2. The van der Waals surface area contributed by atoms with E-state index >= 15 is 0 Å². The molecule has 24 nitrogen and oxygen atoms in total. The van der Waals surface area contributed by atoms with Crippen molar-refractivity contribution in [2.24, 2.45) is 22.8 Å². The molecular formula is C80H94N16O8. The van der Waals surface area contributed by atoms with Gasteiger partial charge in [0, 0.05) is 85.5 Å². The molecule has 0 bridgehead atoms. The van der Waals surface area contributed by atoms with Crippen LogP contribution in [0.15, 0.2) is 146 Å². The summed E-state index contributed by atoms with van der Waals surface area (Å²) in [5.74, 6) is -0.867. The molecule has 2 atom stereocenters. The summed E-state index contributed by atoms with van der Waals surface area (Å²) in [5.41, 5.74) is 43.1. The van der Waals surface area contributed by atoms with Crippen LogP contribution in [-0.2, 0) is 29.2 Å². The van der Waals surface area contributed by atoms with E-state index in [4.69, 9.17) is 48.7 Å². The van der Waals surface area contributed by atoms with Crippen LogP contribution in [0.1, 0.15) is 191 Å². The molecule has 4 fully saturated rings. The van der Waals surface area contributed by atoms with Crippen LogP contribution in [0.5, 0.6) is 0 Å². The molecule has 14 N–H and O–H groups in total. The van der Waals surface area contributed by atoms with Gasteiger partial charge in [0.1, 0.15) is 51.2 Å². The lowest BCUT2D eigenvalue weighted by molar-refractivity contribution is -0.135. The summed E-state index contributed by atoms with van der Waals surface area (Å²) in [6, 6.07) is 45.5. The third-order valence-electron chi connectivity index (χ3n) is 20.6. The Bertz CT molecular complexity index is 4610. The predicted molar refractivity (Wildman–Crippen MR) is 402 cm³/mol. The number of nitrogens with zero attached hydrogens (tertiary/aromatic N) is 7. The molecule has 3 aromatic heterocycles. The second-order valence-electron chi connectivity index (χ2n) is 28.0. The highest BCUT2D eigenvalue weighted by atomic mass is 16.5. The first-order valence-electron chi connectivity index (χ1n) is 35.6. The lowest BCUT2D eigenvalue weighted by Gasteiger charge is -2.46. The number of carbonyl (C=O) groups is 7. The average Bonchev–Trinajstić information content (AvgIpc) is 1.69. The van der Waals surface area contributed by atoms with E-state index < -0.39 is 11.8 Å². The fraction of sp³-hybridized carbons (Fsp3) is 0.350. The van der Waals surface area contributed by atoms with Gasteiger partial charge in [-0.05, 0) is 130 Å². The number of ether oxygens (including phenoxy) is 1. The van der Waals surface area contributed by atoms with Crippen molar-refractivity contribution < 1.29 is 38.3 Å². The molecule has 0 radical (unpaired) electrons. The van der Waals surface area contributed by atoms with Crippen molar-refractivity contribution in [1.82, 2.24) is 55.5 Å². The Hall–Kier alpha value is -11.4. The minimum Gasteiger partial charge on any atom is -0.383 e. The Labute approximate surface area is 605 Å². The molecule has 24 heteroatoms. The van der Waals surface area contributed by atoms with E-state index in [9.17, 15) is 33.6 Å². The summed E-state index contributed by atoms with van der Waals surface area (Å²) in [7, 11) is 5.11. The lowest BCUT2D eigenvalue weighted by atomic mass is 9.71. The molecule has 4 heterocycles. The lowest BCUT2D eigenvalue weighted by Crippen LogP contribution is -2.45. The fourth-order valence-electron chi connectivity index (χ4n) is 14.5. The highest BCUT2D eigenvalue weighted by Gasteiger charge is 2.43. The van der Waals surface area contributed by atoms with Crippen LogP contribution in [0.3, 0.4) is 0 Å². The van der Waals surface area contributed by atoms with Gasteiger partial charge in [-0.2, -0.15) is 15.3 Å². The number of rotatable bonds is 19.